The summed E-state index contributed by atoms with van der Waals surface area (Å²) in [6, 6.07) is -0.380. The lowest BCUT2D eigenvalue weighted by molar-refractivity contribution is -0.153. The molecule has 0 aromatic heterocycles. The van der Waals surface area contributed by atoms with Crippen molar-refractivity contribution in [1.82, 2.24) is 14.7 Å². The molecule has 2 aliphatic rings. The van der Waals surface area contributed by atoms with Crippen LogP contribution in [0.5, 0.6) is 0 Å². The minimum atomic E-state index is -3.10. The Kier molecular flexibility index (Phi) is 6.25. The molecule has 0 aliphatic carbocycles. The molecule has 2 heterocycles. The van der Waals surface area contributed by atoms with Crippen molar-refractivity contribution in [2.45, 2.75) is 32.2 Å². The molecule has 8 heteroatoms. The molecule has 7 nitrogen and oxygen atoms in total. The van der Waals surface area contributed by atoms with Gasteiger partial charge < -0.3 is 14.7 Å². The molecule has 0 aromatic rings. The molecule has 24 heavy (non-hydrogen) atoms. The van der Waals surface area contributed by atoms with E-state index in [0.29, 0.717) is 38.5 Å². The number of amides is 2. The summed E-state index contributed by atoms with van der Waals surface area (Å²) in [5, 5.41) is 0. The van der Waals surface area contributed by atoms with E-state index >= 15 is 0 Å². The molecule has 138 valence electrons. The molecule has 0 aromatic carbocycles. The summed E-state index contributed by atoms with van der Waals surface area (Å²) in [6.45, 7) is 4.34. The third-order valence-corrected chi connectivity index (χ3v) is 6.70. The Bertz CT molecular complexity index is 568. The van der Waals surface area contributed by atoms with E-state index in [2.05, 4.69) is 6.92 Å². The fraction of sp³-hybridized carbons (Fsp3) is 0.875. The summed E-state index contributed by atoms with van der Waals surface area (Å²) >= 11 is 0. The fourth-order valence-electron chi connectivity index (χ4n) is 3.25. The van der Waals surface area contributed by atoms with E-state index in [0.717, 1.165) is 12.8 Å². The maximum Gasteiger partial charge on any atom is 0.312 e. The molecule has 0 radical (unpaired) electrons. The molecule has 2 amide bonds. The van der Waals surface area contributed by atoms with Gasteiger partial charge in [-0.15, -0.1) is 0 Å². The molecule has 0 saturated carbocycles. The van der Waals surface area contributed by atoms with Crippen molar-refractivity contribution < 1.29 is 18.0 Å². The molecule has 1 atom stereocenters. The van der Waals surface area contributed by atoms with E-state index < -0.39 is 21.7 Å². The smallest absolute Gasteiger partial charge is 0.312 e. The van der Waals surface area contributed by atoms with Crippen LogP contribution in [0.3, 0.4) is 0 Å². The highest BCUT2D eigenvalue weighted by atomic mass is 32.2. The fourth-order valence-corrected chi connectivity index (χ4v) is 4.98. The second-order valence-electron chi connectivity index (χ2n) is 7.33. The normalized spacial score (nSPS) is 24.3. The summed E-state index contributed by atoms with van der Waals surface area (Å²) in [6.07, 6.45) is 2.24. The van der Waals surface area contributed by atoms with Gasteiger partial charge >= 0.3 is 11.8 Å². The Balaban J connectivity index is 2.07. The first-order valence-electron chi connectivity index (χ1n) is 8.64. The van der Waals surface area contributed by atoms with Gasteiger partial charge in [-0.1, -0.05) is 6.92 Å². The lowest BCUT2D eigenvalue weighted by Gasteiger charge is -2.34. The quantitative estimate of drug-likeness (QED) is 0.651. The Morgan fingerprint density at radius 3 is 2.21 bits per heavy atom. The molecule has 2 saturated heterocycles. The average Bonchev–Trinajstić information content (AvgIpc) is 2.87. The van der Waals surface area contributed by atoms with Crippen LogP contribution in [-0.4, -0.2) is 92.8 Å². The van der Waals surface area contributed by atoms with Gasteiger partial charge in [-0.25, -0.2) is 8.42 Å². The van der Waals surface area contributed by atoms with Crippen molar-refractivity contribution in [3.05, 3.63) is 0 Å². The molecule has 2 aliphatic heterocycles. The highest BCUT2D eigenvalue weighted by Crippen LogP contribution is 2.20. The van der Waals surface area contributed by atoms with Crippen LogP contribution in [-0.2, 0) is 19.4 Å². The van der Waals surface area contributed by atoms with E-state index in [1.807, 2.05) is 19.0 Å². The number of carbonyl (C=O) groups excluding carboxylic acids is 2. The zero-order chi connectivity index (χ0) is 17.9. The number of piperidine rings is 1. The predicted octanol–water partition coefficient (Wildman–Crippen LogP) is -0.178. The number of likely N-dealkylation sites (tertiary alicyclic amines) is 1. The van der Waals surface area contributed by atoms with Gasteiger partial charge in [-0.05, 0) is 39.3 Å². The number of rotatable bonds is 4. The van der Waals surface area contributed by atoms with E-state index in [-0.39, 0.29) is 17.5 Å². The molecule has 0 spiro atoms. The summed E-state index contributed by atoms with van der Waals surface area (Å²) in [7, 11) is 0.679. The predicted molar refractivity (Wildman–Crippen MR) is 92.3 cm³/mol. The van der Waals surface area contributed by atoms with Crippen molar-refractivity contribution in [3.8, 4) is 0 Å². The SMILES string of the molecule is CC1CCN(C(=O)C(=O)N(CCN(C)C)C2CCS(=O)(=O)C2)CC1. The highest BCUT2D eigenvalue weighted by Gasteiger charge is 2.38. The zero-order valence-electron chi connectivity index (χ0n) is 14.9. The lowest BCUT2D eigenvalue weighted by Crippen LogP contribution is -2.52. The van der Waals surface area contributed by atoms with Crippen molar-refractivity contribution in [2.75, 3.05) is 51.8 Å². The van der Waals surface area contributed by atoms with Crippen LogP contribution >= 0.6 is 0 Å². The first kappa shape index (κ1) is 19.2. The van der Waals surface area contributed by atoms with E-state index in [4.69, 9.17) is 0 Å². The summed E-state index contributed by atoms with van der Waals surface area (Å²) in [5.41, 5.74) is 0. The largest absolute Gasteiger partial charge is 0.334 e. The standard InChI is InChI=1S/C16H29N3O4S/c1-13-4-7-18(8-5-13)15(20)16(21)19(10-9-17(2)3)14-6-11-24(22,23)12-14/h13-14H,4-12H2,1-3H3. The molecule has 0 N–H and O–H groups in total. The minimum absolute atomic E-state index is 0.0313. The second-order valence-corrected chi connectivity index (χ2v) is 9.56. The van der Waals surface area contributed by atoms with Gasteiger partial charge in [0.1, 0.15) is 0 Å². The molecule has 2 fully saturated rings. The van der Waals surface area contributed by atoms with Crippen LogP contribution in [0.1, 0.15) is 26.2 Å². The lowest BCUT2D eigenvalue weighted by atomic mass is 9.99. The van der Waals surface area contributed by atoms with Crippen LogP contribution < -0.4 is 0 Å². The van der Waals surface area contributed by atoms with Crippen molar-refractivity contribution >= 4 is 21.7 Å². The van der Waals surface area contributed by atoms with Gasteiger partial charge in [-0.2, -0.15) is 0 Å². The molecular weight excluding hydrogens is 330 g/mol. The van der Waals surface area contributed by atoms with Gasteiger partial charge in [0.25, 0.3) is 0 Å². The van der Waals surface area contributed by atoms with Gasteiger partial charge in [0.15, 0.2) is 9.84 Å². The summed E-state index contributed by atoms with van der Waals surface area (Å²) < 4.78 is 23.5. The third kappa shape index (κ3) is 4.92. The highest BCUT2D eigenvalue weighted by molar-refractivity contribution is 7.91. The van der Waals surface area contributed by atoms with Crippen LogP contribution in [0.15, 0.2) is 0 Å². The Hall–Kier alpha value is -1.15. The minimum Gasteiger partial charge on any atom is -0.334 e. The Labute approximate surface area is 144 Å². The van der Waals surface area contributed by atoms with Crippen LogP contribution in [0.25, 0.3) is 0 Å². The van der Waals surface area contributed by atoms with Crippen LogP contribution in [0, 0.1) is 5.92 Å². The van der Waals surface area contributed by atoms with E-state index in [9.17, 15) is 18.0 Å². The summed E-state index contributed by atoms with van der Waals surface area (Å²) in [4.78, 5) is 30.4. The number of nitrogens with zero attached hydrogens (tertiary/aromatic N) is 3. The van der Waals surface area contributed by atoms with Gasteiger partial charge in [0.2, 0.25) is 0 Å². The van der Waals surface area contributed by atoms with E-state index in [1.165, 1.54) is 4.90 Å². The maximum atomic E-state index is 12.8. The van der Waals surface area contributed by atoms with Crippen molar-refractivity contribution in [1.29, 1.82) is 0 Å². The number of likely N-dealkylation sites (N-methyl/N-ethyl adjacent to an activating group) is 1. The summed E-state index contributed by atoms with van der Waals surface area (Å²) in [5.74, 6) is -0.387. The van der Waals surface area contributed by atoms with Crippen molar-refractivity contribution in [3.63, 3.8) is 0 Å². The topological polar surface area (TPSA) is 78.0 Å². The van der Waals surface area contributed by atoms with Gasteiger partial charge in [0.05, 0.1) is 11.5 Å². The first-order chi connectivity index (χ1) is 11.2. The van der Waals surface area contributed by atoms with E-state index in [1.54, 1.807) is 4.90 Å². The molecule has 1 unspecified atom stereocenters. The molecule has 0 bridgehead atoms. The van der Waals surface area contributed by atoms with Crippen LogP contribution in [0.2, 0.25) is 0 Å². The maximum absolute atomic E-state index is 12.8. The number of hydrogen-bond acceptors (Lipinski definition) is 5. The Morgan fingerprint density at radius 2 is 1.71 bits per heavy atom. The zero-order valence-corrected chi connectivity index (χ0v) is 15.7. The van der Waals surface area contributed by atoms with Crippen molar-refractivity contribution in [2.24, 2.45) is 5.92 Å². The molecule has 2 rings (SSSR count). The Morgan fingerprint density at radius 1 is 1.08 bits per heavy atom. The third-order valence-electron chi connectivity index (χ3n) is 4.95. The van der Waals surface area contributed by atoms with Gasteiger partial charge in [-0.3, -0.25) is 9.59 Å². The van der Waals surface area contributed by atoms with Crippen LogP contribution in [0.4, 0.5) is 0 Å². The molecular formula is C16H29N3O4S. The van der Waals surface area contributed by atoms with Gasteiger partial charge in [0, 0.05) is 32.2 Å². The average molecular weight is 359 g/mol. The number of hydrogen-bond donors (Lipinski definition) is 0. The monoisotopic (exact) mass is 359 g/mol. The first-order valence-corrected chi connectivity index (χ1v) is 10.5. The second kappa shape index (κ2) is 7.82. The number of carbonyl (C=O) groups is 2. The number of sulfone groups is 1.